The highest BCUT2D eigenvalue weighted by molar-refractivity contribution is 5.86. The minimum absolute atomic E-state index is 0.0987. The van der Waals surface area contributed by atoms with E-state index in [1.165, 1.54) is 27.7 Å². The van der Waals surface area contributed by atoms with Crippen LogP contribution >= 0.6 is 0 Å². The molecule has 0 amide bonds. The fourth-order valence-corrected chi connectivity index (χ4v) is 3.89. The van der Waals surface area contributed by atoms with Crippen molar-refractivity contribution in [2.24, 2.45) is 0 Å². The summed E-state index contributed by atoms with van der Waals surface area (Å²) in [5, 5.41) is 1.37. The van der Waals surface area contributed by atoms with Gasteiger partial charge in [-0.05, 0) is 49.7 Å². The molecule has 2 nitrogen and oxygen atoms in total. The van der Waals surface area contributed by atoms with Crippen molar-refractivity contribution in [3.8, 4) is 0 Å². The summed E-state index contributed by atoms with van der Waals surface area (Å²) in [5.41, 5.74) is 6.27. The predicted molar refractivity (Wildman–Crippen MR) is 96.8 cm³/mol. The summed E-state index contributed by atoms with van der Waals surface area (Å²) in [4.78, 5) is 2.38. The fourth-order valence-electron chi connectivity index (χ4n) is 3.89. The second-order valence-electron chi connectivity index (χ2n) is 6.93. The van der Waals surface area contributed by atoms with Crippen LogP contribution in [-0.4, -0.2) is 23.1 Å². The van der Waals surface area contributed by atoms with Crippen LogP contribution < -0.4 is 0 Å². The van der Waals surface area contributed by atoms with Crippen molar-refractivity contribution in [2.75, 3.05) is 13.6 Å². The van der Waals surface area contributed by atoms with Crippen molar-refractivity contribution in [2.45, 2.75) is 32.9 Å². The van der Waals surface area contributed by atoms with E-state index in [1.807, 2.05) is 12.1 Å². The molecule has 124 valence electrons. The van der Waals surface area contributed by atoms with E-state index in [2.05, 4.69) is 41.6 Å². The molecule has 0 N–H and O–H groups in total. The maximum atomic E-state index is 14.0. The SMILES string of the molecule is Cc1ccc2c(c1)c1c(n2CCc2ccccc2F)CCN(C)C1. The first-order valence-electron chi connectivity index (χ1n) is 8.66. The van der Waals surface area contributed by atoms with Crippen LogP contribution in [0, 0.1) is 12.7 Å². The third kappa shape index (κ3) is 2.63. The molecule has 0 bridgehead atoms. The number of nitrogens with zero attached hydrogens (tertiary/aromatic N) is 2. The molecule has 0 unspecified atom stereocenters. The number of rotatable bonds is 3. The van der Waals surface area contributed by atoms with E-state index in [1.54, 1.807) is 12.1 Å². The van der Waals surface area contributed by atoms with Gasteiger partial charge in [0, 0.05) is 42.7 Å². The molecule has 0 saturated heterocycles. The van der Waals surface area contributed by atoms with Gasteiger partial charge in [0.05, 0.1) is 0 Å². The Bertz CT molecular complexity index is 894. The molecule has 24 heavy (non-hydrogen) atoms. The van der Waals surface area contributed by atoms with E-state index >= 15 is 0 Å². The van der Waals surface area contributed by atoms with E-state index in [0.717, 1.165) is 38.0 Å². The molecular formula is C21H23FN2. The Kier molecular flexibility index (Phi) is 3.89. The van der Waals surface area contributed by atoms with Crippen LogP contribution in [0.2, 0.25) is 0 Å². The molecule has 0 spiro atoms. The Balaban J connectivity index is 1.76. The highest BCUT2D eigenvalue weighted by atomic mass is 19.1. The molecule has 2 aromatic carbocycles. The standard InChI is InChI=1S/C21H23FN2/c1-15-7-8-20-17(13-15)18-14-23(2)11-10-21(18)24(20)12-9-16-5-3-4-6-19(16)22/h3-8,13H,9-12,14H2,1-2H3. The molecule has 0 atom stereocenters. The zero-order valence-corrected chi connectivity index (χ0v) is 14.3. The van der Waals surface area contributed by atoms with Crippen LogP contribution in [0.25, 0.3) is 10.9 Å². The Hall–Kier alpha value is -2.13. The summed E-state index contributed by atoms with van der Waals surface area (Å²) in [7, 11) is 2.18. The molecule has 1 aromatic heterocycles. The predicted octanol–water partition coefficient (Wildman–Crippen LogP) is 4.32. The number of hydrogen-bond acceptors (Lipinski definition) is 1. The average Bonchev–Trinajstić information content (AvgIpc) is 2.87. The van der Waals surface area contributed by atoms with Gasteiger partial charge in [0.2, 0.25) is 0 Å². The second kappa shape index (κ2) is 6.06. The molecule has 3 heteroatoms. The van der Waals surface area contributed by atoms with Gasteiger partial charge in [-0.2, -0.15) is 0 Å². The molecule has 0 fully saturated rings. The monoisotopic (exact) mass is 322 g/mol. The summed E-state index contributed by atoms with van der Waals surface area (Å²) >= 11 is 0. The van der Waals surface area contributed by atoms with E-state index in [-0.39, 0.29) is 5.82 Å². The molecule has 0 radical (unpaired) electrons. The number of hydrogen-bond donors (Lipinski definition) is 0. The number of aromatic nitrogens is 1. The Morgan fingerprint density at radius 2 is 1.96 bits per heavy atom. The minimum atomic E-state index is -0.0987. The van der Waals surface area contributed by atoms with Gasteiger partial charge in [-0.15, -0.1) is 0 Å². The summed E-state index contributed by atoms with van der Waals surface area (Å²) in [5.74, 6) is -0.0987. The zero-order chi connectivity index (χ0) is 16.7. The van der Waals surface area contributed by atoms with Gasteiger partial charge in [-0.1, -0.05) is 29.8 Å². The van der Waals surface area contributed by atoms with Crippen molar-refractivity contribution in [3.05, 3.63) is 70.7 Å². The zero-order valence-electron chi connectivity index (χ0n) is 14.3. The number of benzene rings is 2. The maximum Gasteiger partial charge on any atom is 0.126 e. The van der Waals surface area contributed by atoms with Crippen LogP contribution in [0.5, 0.6) is 0 Å². The molecule has 1 aliphatic heterocycles. The molecule has 1 aliphatic rings. The van der Waals surface area contributed by atoms with Gasteiger partial charge in [0.25, 0.3) is 0 Å². The molecule has 0 saturated carbocycles. The van der Waals surface area contributed by atoms with E-state index in [0.29, 0.717) is 0 Å². The molecular weight excluding hydrogens is 299 g/mol. The third-order valence-electron chi connectivity index (χ3n) is 5.16. The Labute approximate surface area is 142 Å². The normalized spacial score (nSPS) is 15.0. The van der Waals surface area contributed by atoms with Crippen LogP contribution in [0.15, 0.2) is 42.5 Å². The first kappa shape index (κ1) is 15.4. The second-order valence-corrected chi connectivity index (χ2v) is 6.93. The molecule has 4 rings (SSSR count). The lowest BCUT2D eigenvalue weighted by molar-refractivity contribution is 0.309. The van der Waals surface area contributed by atoms with Crippen LogP contribution in [0.4, 0.5) is 4.39 Å². The summed E-state index contributed by atoms with van der Waals surface area (Å²) in [6.07, 6.45) is 1.80. The van der Waals surface area contributed by atoms with E-state index in [4.69, 9.17) is 0 Å². The third-order valence-corrected chi connectivity index (χ3v) is 5.16. The number of halogens is 1. The van der Waals surface area contributed by atoms with Crippen molar-refractivity contribution >= 4 is 10.9 Å². The first-order valence-corrected chi connectivity index (χ1v) is 8.66. The molecule has 0 aliphatic carbocycles. The smallest absolute Gasteiger partial charge is 0.126 e. The van der Waals surface area contributed by atoms with Crippen molar-refractivity contribution in [1.82, 2.24) is 9.47 Å². The summed E-state index contributed by atoms with van der Waals surface area (Å²) < 4.78 is 16.4. The van der Waals surface area contributed by atoms with Gasteiger partial charge in [0.15, 0.2) is 0 Å². The molecule has 3 aromatic rings. The number of likely N-dealkylation sites (N-methyl/N-ethyl adjacent to an activating group) is 1. The van der Waals surface area contributed by atoms with Crippen molar-refractivity contribution in [1.29, 1.82) is 0 Å². The lowest BCUT2D eigenvalue weighted by atomic mass is 10.0. The maximum absolute atomic E-state index is 14.0. The Morgan fingerprint density at radius 1 is 1.12 bits per heavy atom. The fraction of sp³-hybridized carbons (Fsp3) is 0.333. The van der Waals surface area contributed by atoms with Crippen molar-refractivity contribution in [3.63, 3.8) is 0 Å². The quantitative estimate of drug-likeness (QED) is 0.697. The van der Waals surface area contributed by atoms with Crippen molar-refractivity contribution < 1.29 is 4.39 Å². The topological polar surface area (TPSA) is 8.17 Å². The van der Waals surface area contributed by atoms with Gasteiger partial charge in [0.1, 0.15) is 5.82 Å². The minimum Gasteiger partial charge on any atom is -0.344 e. The highest BCUT2D eigenvalue weighted by Gasteiger charge is 2.22. The van der Waals surface area contributed by atoms with E-state index in [9.17, 15) is 4.39 Å². The summed E-state index contributed by atoms with van der Waals surface area (Å²) in [6.45, 7) is 5.07. The molecule has 2 heterocycles. The largest absolute Gasteiger partial charge is 0.344 e. The van der Waals surface area contributed by atoms with Gasteiger partial charge in [-0.3, -0.25) is 0 Å². The first-order chi connectivity index (χ1) is 11.6. The van der Waals surface area contributed by atoms with Crippen LogP contribution in [0.3, 0.4) is 0 Å². The van der Waals surface area contributed by atoms with Crippen LogP contribution in [0.1, 0.15) is 22.4 Å². The van der Waals surface area contributed by atoms with E-state index < -0.39 is 0 Å². The van der Waals surface area contributed by atoms with Crippen LogP contribution in [-0.2, 0) is 25.9 Å². The average molecular weight is 322 g/mol. The van der Waals surface area contributed by atoms with Gasteiger partial charge >= 0.3 is 0 Å². The number of aryl methyl sites for hydroxylation is 3. The number of fused-ring (bicyclic) bond motifs is 3. The lowest BCUT2D eigenvalue weighted by Crippen LogP contribution is -2.27. The highest BCUT2D eigenvalue weighted by Crippen LogP contribution is 2.31. The summed E-state index contributed by atoms with van der Waals surface area (Å²) in [6, 6.07) is 13.8. The lowest BCUT2D eigenvalue weighted by Gasteiger charge is -2.24. The van der Waals surface area contributed by atoms with Gasteiger partial charge < -0.3 is 9.47 Å². The van der Waals surface area contributed by atoms with Gasteiger partial charge in [-0.25, -0.2) is 4.39 Å². The Morgan fingerprint density at radius 3 is 2.79 bits per heavy atom.